The molecule has 0 amide bonds. The van der Waals surface area contributed by atoms with Crippen molar-refractivity contribution in [2.45, 2.75) is 12.8 Å². The number of hydrogen-bond donors (Lipinski definition) is 2. The number of aryl methyl sites for hydroxylation is 1. The third-order valence-corrected chi connectivity index (χ3v) is 3.84. The second kappa shape index (κ2) is 8.35. The van der Waals surface area contributed by atoms with Crippen LogP contribution in [0.25, 0.3) is 0 Å². The van der Waals surface area contributed by atoms with Gasteiger partial charge in [-0.15, -0.1) is 0 Å². The molecule has 1 aromatic heterocycles. The van der Waals surface area contributed by atoms with Gasteiger partial charge in [0, 0.05) is 38.1 Å². The van der Waals surface area contributed by atoms with Crippen molar-refractivity contribution >= 4 is 5.69 Å². The lowest BCUT2D eigenvalue weighted by Gasteiger charge is -2.10. The fourth-order valence-corrected chi connectivity index (χ4v) is 2.34. The highest BCUT2D eigenvalue weighted by atomic mass is 16.5. The summed E-state index contributed by atoms with van der Waals surface area (Å²) in [5.41, 5.74) is 6.52. The number of nitrogens with two attached hydrogens (primary N) is 1. The molecule has 0 saturated heterocycles. The van der Waals surface area contributed by atoms with Crippen LogP contribution in [-0.4, -0.2) is 28.8 Å². The van der Waals surface area contributed by atoms with E-state index >= 15 is 0 Å². The second-order valence-corrected chi connectivity index (χ2v) is 5.65. The first kappa shape index (κ1) is 17.8. The Hall–Kier alpha value is -2.54. The van der Waals surface area contributed by atoms with Crippen molar-refractivity contribution in [1.82, 2.24) is 14.5 Å². The van der Waals surface area contributed by atoms with Crippen molar-refractivity contribution in [2.75, 3.05) is 25.4 Å². The number of anilines is 1. The Morgan fingerprint density at radius 1 is 1.08 bits per heavy atom. The third-order valence-electron chi connectivity index (χ3n) is 3.84. The minimum absolute atomic E-state index is 0.266. The summed E-state index contributed by atoms with van der Waals surface area (Å²) < 4.78 is 8.21. The first-order chi connectivity index (χ1) is 11.5. The van der Waals surface area contributed by atoms with E-state index in [9.17, 15) is 9.59 Å². The van der Waals surface area contributed by atoms with Crippen molar-refractivity contribution in [3.05, 3.63) is 56.9 Å². The van der Waals surface area contributed by atoms with Gasteiger partial charge in [0.25, 0.3) is 5.56 Å². The van der Waals surface area contributed by atoms with Gasteiger partial charge in [-0.25, -0.2) is 4.79 Å². The van der Waals surface area contributed by atoms with Gasteiger partial charge < -0.3 is 20.4 Å². The van der Waals surface area contributed by atoms with E-state index in [1.807, 2.05) is 12.1 Å². The number of nitrogens with one attached hydrogen (secondary N) is 1. The van der Waals surface area contributed by atoms with Crippen molar-refractivity contribution < 1.29 is 4.74 Å². The summed E-state index contributed by atoms with van der Waals surface area (Å²) in [6, 6.07) is 8.80. The normalized spacial score (nSPS) is 10.8. The van der Waals surface area contributed by atoms with E-state index in [2.05, 4.69) is 5.32 Å². The van der Waals surface area contributed by atoms with Crippen molar-refractivity contribution in [3.8, 4) is 5.75 Å². The van der Waals surface area contributed by atoms with Gasteiger partial charge in [-0.05, 0) is 43.7 Å². The Bertz CT molecular complexity index is 778. The number of hydrogen-bond acceptors (Lipinski definition) is 5. The maximum atomic E-state index is 11.8. The Morgan fingerprint density at radius 2 is 1.79 bits per heavy atom. The molecule has 2 rings (SSSR count). The van der Waals surface area contributed by atoms with E-state index in [-0.39, 0.29) is 11.2 Å². The summed E-state index contributed by atoms with van der Waals surface area (Å²) in [6.07, 6.45) is 1.51. The number of nitrogens with zero attached hydrogens (tertiary/aromatic N) is 2. The van der Waals surface area contributed by atoms with Crippen LogP contribution in [0.15, 0.2) is 39.9 Å². The zero-order valence-electron chi connectivity index (χ0n) is 14.1. The molecule has 0 aliphatic rings. The molecule has 0 fully saturated rings. The number of benzene rings is 1. The molecule has 1 aromatic carbocycles. The zero-order valence-corrected chi connectivity index (χ0v) is 14.1. The number of aromatic nitrogens is 2. The van der Waals surface area contributed by atoms with E-state index in [0.717, 1.165) is 35.5 Å². The molecule has 0 aliphatic heterocycles. The predicted molar refractivity (Wildman–Crippen MR) is 94.5 cm³/mol. The van der Waals surface area contributed by atoms with Crippen LogP contribution in [0, 0.1) is 0 Å². The molecule has 7 nitrogen and oxygen atoms in total. The molecule has 0 spiro atoms. The highest BCUT2D eigenvalue weighted by Gasteiger charge is 2.05. The Balaban J connectivity index is 1.68. The highest BCUT2D eigenvalue weighted by Crippen LogP contribution is 2.12. The summed E-state index contributed by atoms with van der Waals surface area (Å²) in [5.74, 6) is 0.793. The van der Waals surface area contributed by atoms with Gasteiger partial charge in [-0.1, -0.05) is 0 Å². The van der Waals surface area contributed by atoms with Crippen LogP contribution in [0.4, 0.5) is 5.69 Å². The minimum Gasteiger partial charge on any atom is -0.492 e. The molecular formula is C17H24N4O3. The third kappa shape index (κ3) is 4.73. The SMILES string of the molecule is Cn1c(CCCNCCOc2ccc(N)cc2)cc(=O)n(C)c1=O. The Labute approximate surface area is 140 Å². The summed E-state index contributed by atoms with van der Waals surface area (Å²) >= 11 is 0. The molecule has 0 unspecified atom stereocenters. The molecule has 24 heavy (non-hydrogen) atoms. The monoisotopic (exact) mass is 332 g/mol. The van der Waals surface area contributed by atoms with Crippen LogP contribution >= 0.6 is 0 Å². The zero-order chi connectivity index (χ0) is 17.5. The molecule has 1 heterocycles. The van der Waals surface area contributed by atoms with Crippen LogP contribution in [0.5, 0.6) is 5.75 Å². The number of nitrogen functional groups attached to an aromatic ring is 1. The highest BCUT2D eigenvalue weighted by molar-refractivity contribution is 5.41. The minimum atomic E-state index is -0.289. The van der Waals surface area contributed by atoms with E-state index in [4.69, 9.17) is 10.5 Å². The Morgan fingerprint density at radius 3 is 2.50 bits per heavy atom. The predicted octanol–water partition coefficient (Wildman–Crippen LogP) is 0.267. The summed E-state index contributed by atoms with van der Waals surface area (Å²) in [6.45, 7) is 2.07. The molecule has 0 aliphatic carbocycles. The number of rotatable bonds is 8. The van der Waals surface area contributed by atoms with Gasteiger partial charge in [0.2, 0.25) is 0 Å². The van der Waals surface area contributed by atoms with Gasteiger partial charge >= 0.3 is 5.69 Å². The fourth-order valence-electron chi connectivity index (χ4n) is 2.34. The molecule has 2 aromatic rings. The van der Waals surface area contributed by atoms with E-state index in [1.165, 1.54) is 17.7 Å². The lowest BCUT2D eigenvalue weighted by molar-refractivity contribution is 0.314. The Kier molecular flexibility index (Phi) is 6.20. The topological polar surface area (TPSA) is 91.3 Å². The van der Waals surface area contributed by atoms with Crippen molar-refractivity contribution in [1.29, 1.82) is 0 Å². The number of ether oxygens (including phenoxy) is 1. The standard InChI is InChI=1S/C17H24N4O3/c1-20-14(12-16(22)21(2)17(20)23)4-3-9-19-10-11-24-15-7-5-13(18)6-8-15/h5-8,12,19H,3-4,9-11,18H2,1-2H3. The van der Waals surface area contributed by atoms with Crippen molar-refractivity contribution in [3.63, 3.8) is 0 Å². The molecule has 0 radical (unpaired) electrons. The summed E-state index contributed by atoms with van der Waals surface area (Å²) in [4.78, 5) is 23.5. The maximum absolute atomic E-state index is 11.8. The first-order valence-corrected chi connectivity index (χ1v) is 7.94. The first-order valence-electron chi connectivity index (χ1n) is 7.94. The maximum Gasteiger partial charge on any atom is 0.330 e. The smallest absolute Gasteiger partial charge is 0.330 e. The average molecular weight is 332 g/mol. The van der Waals surface area contributed by atoms with Crippen LogP contribution in [0.2, 0.25) is 0 Å². The fraction of sp³-hybridized carbons (Fsp3) is 0.412. The van der Waals surface area contributed by atoms with Gasteiger partial charge in [0.1, 0.15) is 12.4 Å². The lowest BCUT2D eigenvalue weighted by Crippen LogP contribution is -2.38. The summed E-state index contributed by atoms with van der Waals surface area (Å²) in [7, 11) is 3.17. The van der Waals surface area contributed by atoms with Crippen molar-refractivity contribution in [2.24, 2.45) is 14.1 Å². The molecule has 130 valence electrons. The molecule has 0 bridgehead atoms. The lowest BCUT2D eigenvalue weighted by atomic mass is 10.2. The average Bonchev–Trinajstić information content (AvgIpc) is 2.58. The van der Waals surface area contributed by atoms with E-state index < -0.39 is 0 Å². The molecule has 0 saturated carbocycles. The second-order valence-electron chi connectivity index (χ2n) is 5.65. The van der Waals surface area contributed by atoms with Crippen LogP contribution in [-0.2, 0) is 20.5 Å². The van der Waals surface area contributed by atoms with Crippen LogP contribution in [0.1, 0.15) is 12.1 Å². The largest absolute Gasteiger partial charge is 0.492 e. The van der Waals surface area contributed by atoms with E-state index in [1.54, 1.807) is 19.2 Å². The van der Waals surface area contributed by atoms with Gasteiger partial charge in [-0.3, -0.25) is 9.36 Å². The van der Waals surface area contributed by atoms with E-state index in [0.29, 0.717) is 18.7 Å². The van der Waals surface area contributed by atoms with Crippen LogP contribution in [0.3, 0.4) is 0 Å². The molecule has 0 atom stereocenters. The molecule has 3 N–H and O–H groups in total. The molecule has 7 heteroatoms. The summed E-state index contributed by atoms with van der Waals surface area (Å²) in [5, 5.41) is 3.28. The van der Waals surface area contributed by atoms with Gasteiger partial charge in [-0.2, -0.15) is 0 Å². The van der Waals surface area contributed by atoms with Gasteiger partial charge in [0.05, 0.1) is 0 Å². The van der Waals surface area contributed by atoms with Crippen LogP contribution < -0.4 is 27.0 Å². The van der Waals surface area contributed by atoms with Gasteiger partial charge in [0.15, 0.2) is 0 Å². The quantitative estimate of drug-likeness (QED) is 0.535. The molecular weight excluding hydrogens is 308 g/mol.